The molecule has 0 spiro atoms. The van der Waals surface area contributed by atoms with Gasteiger partial charge in [-0.25, -0.2) is 0 Å². The number of carbonyl (C=O) groups excluding carboxylic acids is 1. The highest BCUT2D eigenvalue weighted by Crippen LogP contribution is 2.01. The number of nitrogens with zero attached hydrogens (tertiary/aromatic N) is 2. The van der Waals surface area contributed by atoms with Crippen molar-refractivity contribution in [2.24, 2.45) is 0 Å². The summed E-state index contributed by atoms with van der Waals surface area (Å²) in [5, 5.41) is 8.53. The third kappa shape index (κ3) is 3.58. The van der Waals surface area contributed by atoms with Crippen molar-refractivity contribution in [3.8, 4) is 6.07 Å². The zero-order chi connectivity index (χ0) is 11.8. The number of carbonyl (C=O) groups is 1. The Morgan fingerprint density at radius 2 is 2.12 bits per heavy atom. The second-order valence-electron chi connectivity index (χ2n) is 3.25. The van der Waals surface area contributed by atoms with Gasteiger partial charge in [-0.15, -0.1) is 0 Å². The molecular weight excluding hydrogens is 200 g/mol. The van der Waals surface area contributed by atoms with Crippen LogP contribution in [-0.4, -0.2) is 23.9 Å². The molecule has 0 fully saturated rings. The van der Waals surface area contributed by atoms with Crippen molar-refractivity contribution in [3.63, 3.8) is 0 Å². The van der Waals surface area contributed by atoms with Gasteiger partial charge in [-0.2, -0.15) is 5.26 Å². The molecule has 0 saturated carbocycles. The number of benzene rings is 1. The van der Waals surface area contributed by atoms with Crippen LogP contribution in [0.1, 0.15) is 12.5 Å². The lowest BCUT2D eigenvalue weighted by molar-refractivity contribution is -0.125. The average molecular weight is 214 g/mol. The molecule has 0 aliphatic rings. The van der Waals surface area contributed by atoms with Gasteiger partial charge < -0.3 is 4.90 Å². The number of nitriles is 1. The Labute approximate surface area is 95.6 Å². The first-order valence-electron chi connectivity index (χ1n) is 5.17. The van der Waals surface area contributed by atoms with Crippen LogP contribution >= 0.6 is 0 Å². The summed E-state index contributed by atoms with van der Waals surface area (Å²) in [4.78, 5) is 13.1. The molecule has 0 aromatic heterocycles. The van der Waals surface area contributed by atoms with Crippen molar-refractivity contribution in [1.82, 2.24) is 4.90 Å². The Morgan fingerprint density at radius 1 is 1.44 bits per heavy atom. The van der Waals surface area contributed by atoms with Gasteiger partial charge in [-0.1, -0.05) is 30.3 Å². The van der Waals surface area contributed by atoms with E-state index in [-0.39, 0.29) is 12.5 Å². The van der Waals surface area contributed by atoms with E-state index in [9.17, 15) is 4.79 Å². The van der Waals surface area contributed by atoms with Gasteiger partial charge in [0.1, 0.15) is 6.54 Å². The normalized spacial score (nSPS) is 10.0. The smallest absolute Gasteiger partial charge is 0.247 e. The summed E-state index contributed by atoms with van der Waals surface area (Å²) in [5.74, 6) is -0.132. The van der Waals surface area contributed by atoms with E-state index >= 15 is 0 Å². The summed E-state index contributed by atoms with van der Waals surface area (Å²) in [6.45, 7) is 2.53. The third-order valence-corrected chi connectivity index (χ3v) is 2.17. The molecule has 3 heteroatoms. The van der Waals surface area contributed by atoms with Crippen molar-refractivity contribution >= 4 is 12.0 Å². The fourth-order valence-corrected chi connectivity index (χ4v) is 1.27. The molecule has 0 heterocycles. The minimum Gasteiger partial charge on any atom is -0.326 e. The molecule has 0 radical (unpaired) electrons. The summed E-state index contributed by atoms with van der Waals surface area (Å²) in [6.07, 6.45) is 3.25. The Balaban J connectivity index is 2.64. The Bertz CT molecular complexity index is 404. The van der Waals surface area contributed by atoms with E-state index in [2.05, 4.69) is 0 Å². The van der Waals surface area contributed by atoms with E-state index in [1.807, 2.05) is 43.3 Å². The molecule has 0 unspecified atom stereocenters. The Kier molecular flexibility index (Phi) is 4.81. The van der Waals surface area contributed by atoms with Gasteiger partial charge in [-0.05, 0) is 18.6 Å². The number of likely N-dealkylation sites (N-methyl/N-ethyl adjacent to an activating group) is 1. The van der Waals surface area contributed by atoms with Gasteiger partial charge in [0.15, 0.2) is 0 Å². The van der Waals surface area contributed by atoms with E-state index in [0.717, 1.165) is 5.56 Å². The second-order valence-corrected chi connectivity index (χ2v) is 3.25. The van der Waals surface area contributed by atoms with Crippen LogP contribution in [0.3, 0.4) is 0 Å². The minimum absolute atomic E-state index is 0.132. The molecule has 82 valence electrons. The summed E-state index contributed by atoms with van der Waals surface area (Å²) < 4.78 is 0. The molecule has 1 aromatic carbocycles. The van der Waals surface area contributed by atoms with Gasteiger partial charge in [0.25, 0.3) is 0 Å². The summed E-state index contributed by atoms with van der Waals surface area (Å²) in [7, 11) is 0. The van der Waals surface area contributed by atoms with E-state index in [1.165, 1.54) is 11.0 Å². The molecule has 16 heavy (non-hydrogen) atoms. The van der Waals surface area contributed by atoms with Crippen LogP contribution in [0.15, 0.2) is 36.4 Å². The van der Waals surface area contributed by atoms with E-state index in [1.54, 1.807) is 6.08 Å². The topological polar surface area (TPSA) is 44.1 Å². The summed E-state index contributed by atoms with van der Waals surface area (Å²) >= 11 is 0. The van der Waals surface area contributed by atoms with Crippen molar-refractivity contribution in [1.29, 1.82) is 5.26 Å². The lowest BCUT2D eigenvalue weighted by Gasteiger charge is -2.14. The SMILES string of the molecule is CCN(CC#N)C(=O)/C=C/c1ccccc1. The van der Waals surface area contributed by atoms with Gasteiger partial charge in [0.2, 0.25) is 5.91 Å². The van der Waals surface area contributed by atoms with Gasteiger partial charge >= 0.3 is 0 Å². The van der Waals surface area contributed by atoms with E-state index < -0.39 is 0 Å². The average Bonchev–Trinajstić information content (AvgIpc) is 2.34. The molecule has 0 saturated heterocycles. The zero-order valence-electron chi connectivity index (χ0n) is 9.26. The highest BCUT2D eigenvalue weighted by molar-refractivity contribution is 5.91. The molecule has 1 amide bonds. The van der Waals surface area contributed by atoms with Crippen molar-refractivity contribution in [2.75, 3.05) is 13.1 Å². The predicted molar refractivity (Wildman–Crippen MR) is 63.3 cm³/mol. The highest BCUT2D eigenvalue weighted by Gasteiger charge is 2.06. The van der Waals surface area contributed by atoms with Crippen LogP contribution in [0.2, 0.25) is 0 Å². The minimum atomic E-state index is -0.132. The molecule has 1 aromatic rings. The number of amides is 1. The maximum absolute atomic E-state index is 11.6. The maximum Gasteiger partial charge on any atom is 0.247 e. The van der Waals surface area contributed by atoms with Crippen LogP contribution in [0.4, 0.5) is 0 Å². The first kappa shape index (κ1) is 12.0. The van der Waals surface area contributed by atoms with E-state index in [0.29, 0.717) is 6.54 Å². The molecule has 0 atom stereocenters. The number of hydrogen-bond acceptors (Lipinski definition) is 2. The Morgan fingerprint density at radius 3 is 2.69 bits per heavy atom. The summed E-state index contributed by atoms with van der Waals surface area (Å²) in [5.41, 5.74) is 0.976. The molecule has 0 N–H and O–H groups in total. The summed E-state index contributed by atoms with van der Waals surface area (Å²) in [6, 6.07) is 11.6. The van der Waals surface area contributed by atoms with Gasteiger partial charge in [-0.3, -0.25) is 4.79 Å². The first-order valence-corrected chi connectivity index (χ1v) is 5.17. The van der Waals surface area contributed by atoms with Crippen LogP contribution in [-0.2, 0) is 4.79 Å². The fourth-order valence-electron chi connectivity index (χ4n) is 1.27. The zero-order valence-corrected chi connectivity index (χ0v) is 9.26. The fraction of sp³-hybridized carbons (Fsp3) is 0.231. The van der Waals surface area contributed by atoms with Crippen molar-refractivity contribution < 1.29 is 4.79 Å². The van der Waals surface area contributed by atoms with Crippen molar-refractivity contribution in [3.05, 3.63) is 42.0 Å². The quantitative estimate of drug-likeness (QED) is 0.569. The van der Waals surface area contributed by atoms with Crippen LogP contribution in [0.25, 0.3) is 6.08 Å². The predicted octanol–water partition coefficient (Wildman–Crippen LogP) is 2.07. The number of rotatable bonds is 4. The molecule has 0 aliphatic carbocycles. The standard InChI is InChI=1S/C13H14N2O/c1-2-15(11-10-14)13(16)9-8-12-6-4-3-5-7-12/h3-9H,2,11H2,1H3/b9-8+. The van der Waals surface area contributed by atoms with Gasteiger partial charge in [0, 0.05) is 12.6 Å². The lowest BCUT2D eigenvalue weighted by atomic mass is 10.2. The highest BCUT2D eigenvalue weighted by atomic mass is 16.2. The Hall–Kier alpha value is -2.08. The van der Waals surface area contributed by atoms with E-state index in [4.69, 9.17) is 5.26 Å². The maximum atomic E-state index is 11.6. The largest absolute Gasteiger partial charge is 0.326 e. The third-order valence-electron chi connectivity index (χ3n) is 2.17. The second kappa shape index (κ2) is 6.41. The monoisotopic (exact) mass is 214 g/mol. The lowest BCUT2D eigenvalue weighted by Crippen LogP contribution is -2.29. The molecule has 3 nitrogen and oxygen atoms in total. The molecular formula is C13H14N2O. The first-order chi connectivity index (χ1) is 7.77. The van der Waals surface area contributed by atoms with Crippen LogP contribution in [0.5, 0.6) is 0 Å². The molecule has 0 bridgehead atoms. The molecule has 1 rings (SSSR count). The molecule has 0 aliphatic heterocycles. The van der Waals surface area contributed by atoms with Crippen LogP contribution in [0, 0.1) is 11.3 Å². The van der Waals surface area contributed by atoms with Crippen molar-refractivity contribution in [2.45, 2.75) is 6.92 Å². The van der Waals surface area contributed by atoms with Gasteiger partial charge in [0.05, 0.1) is 6.07 Å². The number of hydrogen-bond donors (Lipinski definition) is 0. The van der Waals surface area contributed by atoms with Crippen LogP contribution < -0.4 is 0 Å².